The molecule has 1 aliphatic heterocycles. The van der Waals surface area contributed by atoms with Crippen LogP contribution in [0.1, 0.15) is 53.5 Å². The molecule has 1 aromatic rings. The Bertz CT molecular complexity index is 706. The number of aliphatic hydroxyl groups excluding tert-OH is 1. The number of anilines is 2. The molecular weight excluding hydrogens is 344 g/mol. The van der Waals surface area contributed by atoms with Crippen molar-refractivity contribution in [2.75, 3.05) is 37.8 Å². The molecule has 2 rings (SSSR count). The minimum absolute atomic E-state index is 0.0608. The number of hydrogen-bond donors (Lipinski definition) is 4. The number of hydrogen-bond acceptors (Lipinski definition) is 7. The van der Waals surface area contributed by atoms with E-state index in [1.54, 1.807) is 6.34 Å². The van der Waals surface area contributed by atoms with Crippen LogP contribution in [-0.2, 0) is 5.54 Å². The van der Waals surface area contributed by atoms with Gasteiger partial charge in [-0.05, 0) is 41.5 Å². The van der Waals surface area contributed by atoms with Crippen molar-refractivity contribution in [1.29, 1.82) is 0 Å². The summed E-state index contributed by atoms with van der Waals surface area (Å²) in [4.78, 5) is 14.9. The second kappa shape index (κ2) is 7.85. The first-order chi connectivity index (χ1) is 12.4. The van der Waals surface area contributed by atoms with Gasteiger partial charge >= 0.3 is 0 Å². The molecule has 152 valence electrons. The molecule has 1 aliphatic rings. The predicted molar refractivity (Wildman–Crippen MR) is 112 cm³/mol. The maximum absolute atomic E-state index is 10.4. The van der Waals surface area contributed by atoms with Gasteiger partial charge in [0.05, 0.1) is 6.34 Å². The van der Waals surface area contributed by atoms with E-state index < -0.39 is 6.23 Å². The van der Waals surface area contributed by atoms with Crippen LogP contribution in [0.4, 0.5) is 11.8 Å². The highest BCUT2D eigenvalue weighted by molar-refractivity contribution is 5.99. The minimum Gasteiger partial charge on any atom is -0.369 e. The number of imidazole rings is 1. The lowest BCUT2D eigenvalue weighted by molar-refractivity contribution is 0.183. The lowest BCUT2D eigenvalue weighted by Crippen LogP contribution is -2.39. The highest BCUT2D eigenvalue weighted by Crippen LogP contribution is 2.35. The van der Waals surface area contributed by atoms with Gasteiger partial charge in [0.1, 0.15) is 11.5 Å². The topological polar surface area (TPSA) is 102 Å². The summed E-state index contributed by atoms with van der Waals surface area (Å²) in [5.74, 6) is 1.76. The maximum Gasteiger partial charge on any atom is 0.228 e. The molecule has 0 saturated heterocycles. The van der Waals surface area contributed by atoms with Gasteiger partial charge in [0, 0.05) is 38.3 Å². The molecule has 0 radical (unpaired) electrons. The number of rotatable bonds is 5. The number of nitrogens with zero attached hydrogens (tertiary/aromatic N) is 5. The van der Waals surface area contributed by atoms with Crippen molar-refractivity contribution in [3.63, 3.8) is 0 Å². The molecule has 1 unspecified atom stereocenters. The van der Waals surface area contributed by atoms with Crippen molar-refractivity contribution >= 4 is 24.1 Å². The van der Waals surface area contributed by atoms with Gasteiger partial charge in [-0.1, -0.05) is 0 Å². The second-order valence-electron chi connectivity index (χ2n) is 8.94. The van der Waals surface area contributed by atoms with Crippen LogP contribution in [0.5, 0.6) is 0 Å². The monoisotopic (exact) mass is 378 g/mol. The van der Waals surface area contributed by atoms with Crippen molar-refractivity contribution in [1.82, 2.24) is 19.8 Å². The summed E-state index contributed by atoms with van der Waals surface area (Å²) in [6.45, 7) is 14.2. The quantitative estimate of drug-likeness (QED) is 0.354. The fraction of sp³-hybridized carbons (Fsp3) is 0.722. The van der Waals surface area contributed by atoms with Crippen LogP contribution in [0, 0.1) is 0 Å². The summed E-state index contributed by atoms with van der Waals surface area (Å²) in [5, 5.41) is 20.5. The molecule has 1 atom stereocenters. The van der Waals surface area contributed by atoms with Gasteiger partial charge in [0.25, 0.3) is 0 Å². The third kappa shape index (κ3) is 5.67. The Hall–Kier alpha value is -2.13. The van der Waals surface area contributed by atoms with Gasteiger partial charge in [0.15, 0.2) is 6.23 Å². The molecule has 0 spiro atoms. The molecule has 4 N–H and O–H groups in total. The molecule has 27 heavy (non-hydrogen) atoms. The summed E-state index contributed by atoms with van der Waals surface area (Å²) >= 11 is 0. The summed E-state index contributed by atoms with van der Waals surface area (Å²) in [7, 11) is 3.75. The van der Waals surface area contributed by atoms with E-state index in [4.69, 9.17) is 0 Å². The van der Waals surface area contributed by atoms with Crippen molar-refractivity contribution in [2.45, 2.75) is 58.8 Å². The Kier molecular flexibility index (Phi) is 6.16. The molecule has 0 bridgehead atoms. The standard InChI is InChI=1S/C18H34N8O/c1-17(2,3)21-10-9-19-16-22-12-13(26(16)18(4,5)6)23-15(24-14(12)27)20-11-25(7)8/h11,14,21,27H,9-10H2,1-8H3,(H,19,22)(H,23,24). The van der Waals surface area contributed by atoms with E-state index in [1.165, 1.54) is 0 Å². The van der Waals surface area contributed by atoms with Crippen LogP contribution >= 0.6 is 0 Å². The lowest BCUT2D eigenvalue weighted by atomic mass is 10.1. The SMILES string of the molecule is CN(C)C=NC1=NC(O)c2nc(NCCNC(C)(C)C)n(C(C)(C)C)c2N1. The van der Waals surface area contributed by atoms with Crippen LogP contribution in [0.2, 0.25) is 0 Å². The van der Waals surface area contributed by atoms with Crippen molar-refractivity contribution in [3.05, 3.63) is 5.69 Å². The van der Waals surface area contributed by atoms with Crippen LogP contribution in [-0.4, -0.2) is 64.6 Å². The highest BCUT2D eigenvalue weighted by Gasteiger charge is 2.32. The Morgan fingerprint density at radius 2 is 1.89 bits per heavy atom. The number of aliphatic imine (C=N–C) groups is 2. The fourth-order valence-electron chi connectivity index (χ4n) is 2.67. The average molecular weight is 379 g/mol. The van der Waals surface area contributed by atoms with Gasteiger partial charge in [-0.15, -0.1) is 0 Å². The van der Waals surface area contributed by atoms with E-state index in [0.29, 0.717) is 30.0 Å². The zero-order valence-electron chi connectivity index (χ0n) is 17.8. The molecule has 0 fully saturated rings. The summed E-state index contributed by atoms with van der Waals surface area (Å²) < 4.78 is 2.04. The van der Waals surface area contributed by atoms with Crippen LogP contribution in [0.25, 0.3) is 0 Å². The largest absolute Gasteiger partial charge is 0.369 e. The summed E-state index contributed by atoms with van der Waals surface area (Å²) in [6, 6.07) is 0. The van der Waals surface area contributed by atoms with Crippen LogP contribution in [0.3, 0.4) is 0 Å². The van der Waals surface area contributed by atoms with Gasteiger partial charge in [-0.3, -0.25) is 4.57 Å². The van der Waals surface area contributed by atoms with E-state index in [2.05, 4.69) is 72.5 Å². The maximum atomic E-state index is 10.4. The zero-order chi connectivity index (χ0) is 20.4. The van der Waals surface area contributed by atoms with Crippen molar-refractivity contribution in [2.24, 2.45) is 9.98 Å². The molecule has 1 aromatic heterocycles. The molecule has 0 aliphatic carbocycles. The third-order valence-electron chi connectivity index (χ3n) is 3.77. The second-order valence-corrected chi connectivity index (χ2v) is 8.94. The number of aromatic nitrogens is 2. The Labute approximate surface area is 162 Å². The highest BCUT2D eigenvalue weighted by atomic mass is 16.3. The van der Waals surface area contributed by atoms with E-state index in [-0.39, 0.29) is 11.1 Å². The third-order valence-corrected chi connectivity index (χ3v) is 3.77. The first-order valence-electron chi connectivity index (χ1n) is 9.24. The minimum atomic E-state index is -1.05. The Morgan fingerprint density at radius 1 is 1.22 bits per heavy atom. The number of nitrogens with one attached hydrogen (secondary N) is 3. The molecule has 2 heterocycles. The first-order valence-corrected chi connectivity index (χ1v) is 9.24. The smallest absolute Gasteiger partial charge is 0.228 e. The Morgan fingerprint density at radius 3 is 2.44 bits per heavy atom. The van der Waals surface area contributed by atoms with Gasteiger partial charge < -0.3 is 26.0 Å². The molecular formula is C18H34N8O. The van der Waals surface area contributed by atoms with Gasteiger partial charge in [0.2, 0.25) is 11.9 Å². The molecule has 0 amide bonds. The van der Waals surface area contributed by atoms with Crippen molar-refractivity contribution < 1.29 is 5.11 Å². The molecule has 0 saturated carbocycles. The van der Waals surface area contributed by atoms with E-state index in [0.717, 1.165) is 6.54 Å². The fourth-order valence-corrected chi connectivity index (χ4v) is 2.67. The summed E-state index contributed by atoms with van der Waals surface area (Å²) in [6.07, 6.45) is 0.589. The zero-order valence-corrected chi connectivity index (χ0v) is 17.8. The predicted octanol–water partition coefficient (Wildman–Crippen LogP) is 1.80. The normalized spacial score (nSPS) is 17.5. The van der Waals surface area contributed by atoms with E-state index >= 15 is 0 Å². The number of fused-ring (bicyclic) bond motifs is 1. The number of aliphatic hydroxyl groups is 1. The van der Waals surface area contributed by atoms with Crippen LogP contribution < -0.4 is 16.0 Å². The van der Waals surface area contributed by atoms with E-state index in [9.17, 15) is 5.11 Å². The average Bonchev–Trinajstić information content (AvgIpc) is 2.87. The van der Waals surface area contributed by atoms with Crippen LogP contribution in [0.15, 0.2) is 9.98 Å². The Balaban J connectivity index is 2.26. The van der Waals surface area contributed by atoms with Gasteiger partial charge in [-0.25, -0.2) is 15.0 Å². The number of guanidine groups is 1. The van der Waals surface area contributed by atoms with Crippen molar-refractivity contribution in [3.8, 4) is 0 Å². The molecule has 0 aromatic carbocycles. The first kappa shape index (κ1) is 21.2. The van der Waals surface area contributed by atoms with Gasteiger partial charge in [-0.2, -0.15) is 0 Å². The van der Waals surface area contributed by atoms with E-state index in [1.807, 2.05) is 23.6 Å². The lowest BCUT2D eigenvalue weighted by Gasteiger charge is -2.28. The molecule has 9 nitrogen and oxygen atoms in total. The summed E-state index contributed by atoms with van der Waals surface area (Å²) in [5.41, 5.74) is 0.312. The molecule has 9 heteroatoms.